The predicted octanol–water partition coefficient (Wildman–Crippen LogP) is -1.73. The van der Waals surface area contributed by atoms with Crippen LogP contribution in [0.15, 0.2) is 14.7 Å². The van der Waals surface area contributed by atoms with Crippen LogP contribution in [0.2, 0.25) is 0 Å². The van der Waals surface area contributed by atoms with Crippen molar-refractivity contribution in [3.8, 4) is 0 Å². The number of hydrogen-bond donors (Lipinski definition) is 3. The van der Waals surface area contributed by atoms with Crippen molar-refractivity contribution in [2.75, 3.05) is 12.4 Å². The standard InChI is InChI=1S/C8H14N4O3S/c1-12-8(10-6(14)7(15)11-12)16-4-5(9)2-3-13/h5,13H,2-4,9H2,1H3,(H,11,15). The molecule has 7 nitrogen and oxygen atoms in total. The summed E-state index contributed by atoms with van der Waals surface area (Å²) in [6, 6.07) is -0.168. The van der Waals surface area contributed by atoms with E-state index in [0.717, 1.165) is 0 Å². The van der Waals surface area contributed by atoms with Gasteiger partial charge in [-0.2, -0.15) is 4.98 Å². The molecule has 1 aromatic rings. The molecule has 90 valence electrons. The molecule has 4 N–H and O–H groups in total. The highest BCUT2D eigenvalue weighted by atomic mass is 32.2. The van der Waals surface area contributed by atoms with Crippen molar-refractivity contribution in [3.63, 3.8) is 0 Å². The average Bonchev–Trinajstić information content (AvgIpc) is 2.22. The van der Waals surface area contributed by atoms with E-state index in [4.69, 9.17) is 10.8 Å². The molecule has 16 heavy (non-hydrogen) atoms. The summed E-state index contributed by atoms with van der Waals surface area (Å²) >= 11 is 1.26. The Morgan fingerprint density at radius 2 is 2.31 bits per heavy atom. The molecule has 1 unspecified atom stereocenters. The van der Waals surface area contributed by atoms with Gasteiger partial charge in [-0.1, -0.05) is 11.8 Å². The van der Waals surface area contributed by atoms with Crippen LogP contribution < -0.4 is 16.9 Å². The third kappa shape index (κ3) is 3.47. The zero-order chi connectivity index (χ0) is 12.1. The number of nitrogens with two attached hydrogens (primary N) is 1. The largest absolute Gasteiger partial charge is 0.396 e. The highest BCUT2D eigenvalue weighted by molar-refractivity contribution is 7.99. The van der Waals surface area contributed by atoms with Crippen molar-refractivity contribution < 1.29 is 5.11 Å². The number of rotatable bonds is 5. The van der Waals surface area contributed by atoms with Gasteiger partial charge in [0.25, 0.3) is 0 Å². The molecule has 0 aliphatic carbocycles. The normalized spacial score (nSPS) is 12.7. The monoisotopic (exact) mass is 246 g/mol. The molecule has 0 spiro atoms. The number of aryl methyl sites for hydroxylation is 1. The Bertz CT molecular complexity index is 455. The number of aromatic nitrogens is 3. The number of aromatic amines is 1. The SMILES string of the molecule is Cn1[nH]c(=O)c(=O)nc1SCC(N)CCO. The third-order valence-electron chi connectivity index (χ3n) is 1.87. The van der Waals surface area contributed by atoms with Crippen molar-refractivity contribution in [1.29, 1.82) is 0 Å². The lowest BCUT2D eigenvalue weighted by molar-refractivity contribution is 0.279. The molecule has 1 atom stereocenters. The number of hydrogen-bond acceptors (Lipinski definition) is 6. The summed E-state index contributed by atoms with van der Waals surface area (Å²) < 4.78 is 1.38. The van der Waals surface area contributed by atoms with Crippen molar-refractivity contribution >= 4 is 11.8 Å². The van der Waals surface area contributed by atoms with E-state index in [1.165, 1.54) is 16.4 Å². The fourth-order valence-electron chi connectivity index (χ4n) is 1.02. The van der Waals surface area contributed by atoms with E-state index in [-0.39, 0.29) is 12.6 Å². The van der Waals surface area contributed by atoms with E-state index in [2.05, 4.69) is 10.1 Å². The third-order valence-corrected chi connectivity index (χ3v) is 3.09. The Balaban J connectivity index is 2.71. The maximum absolute atomic E-state index is 11.0. The Kier molecular flexibility index (Phi) is 4.71. The number of aliphatic hydroxyl groups is 1. The van der Waals surface area contributed by atoms with Crippen LogP contribution in [0, 0.1) is 0 Å². The molecule has 0 bridgehead atoms. The second-order valence-electron chi connectivity index (χ2n) is 3.28. The van der Waals surface area contributed by atoms with Gasteiger partial charge in [0, 0.05) is 25.4 Å². The minimum Gasteiger partial charge on any atom is -0.396 e. The number of thioether (sulfide) groups is 1. The Morgan fingerprint density at radius 3 is 2.94 bits per heavy atom. The highest BCUT2D eigenvalue weighted by Crippen LogP contribution is 2.12. The topological polar surface area (TPSA) is 114 Å². The number of nitrogens with one attached hydrogen (secondary N) is 1. The molecular weight excluding hydrogens is 232 g/mol. The summed E-state index contributed by atoms with van der Waals surface area (Å²) in [4.78, 5) is 25.5. The van der Waals surface area contributed by atoms with Crippen molar-refractivity contribution in [3.05, 3.63) is 20.7 Å². The molecule has 1 rings (SSSR count). The summed E-state index contributed by atoms with van der Waals surface area (Å²) in [6.45, 7) is 0.0275. The van der Waals surface area contributed by atoms with Gasteiger partial charge in [0.1, 0.15) is 0 Å². The van der Waals surface area contributed by atoms with Crippen LogP contribution in [0.5, 0.6) is 0 Å². The smallest absolute Gasteiger partial charge is 0.339 e. The first kappa shape index (κ1) is 12.9. The van der Waals surface area contributed by atoms with Crippen LogP contribution in [0.3, 0.4) is 0 Å². The van der Waals surface area contributed by atoms with Crippen LogP contribution in [0.1, 0.15) is 6.42 Å². The van der Waals surface area contributed by atoms with E-state index in [1.54, 1.807) is 7.05 Å². The van der Waals surface area contributed by atoms with E-state index < -0.39 is 11.1 Å². The molecule has 0 saturated heterocycles. The zero-order valence-electron chi connectivity index (χ0n) is 8.84. The van der Waals surface area contributed by atoms with Crippen LogP contribution in [0.4, 0.5) is 0 Å². The molecule has 0 aromatic carbocycles. The maximum Gasteiger partial charge on any atom is 0.339 e. The first-order valence-corrected chi connectivity index (χ1v) is 5.69. The zero-order valence-corrected chi connectivity index (χ0v) is 9.66. The van der Waals surface area contributed by atoms with Crippen molar-refractivity contribution in [1.82, 2.24) is 14.8 Å². The Morgan fingerprint density at radius 1 is 1.62 bits per heavy atom. The minimum absolute atomic E-state index is 0.0275. The van der Waals surface area contributed by atoms with Crippen molar-refractivity contribution in [2.45, 2.75) is 17.6 Å². The molecule has 0 aliphatic rings. The van der Waals surface area contributed by atoms with E-state index in [0.29, 0.717) is 17.3 Å². The molecule has 0 radical (unpaired) electrons. The van der Waals surface area contributed by atoms with E-state index in [9.17, 15) is 9.59 Å². The average molecular weight is 246 g/mol. The van der Waals surface area contributed by atoms with Gasteiger partial charge in [0.05, 0.1) is 0 Å². The predicted molar refractivity (Wildman–Crippen MR) is 60.5 cm³/mol. The van der Waals surface area contributed by atoms with Crippen LogP contribution >= 0.6 is 11.8 Å². The molecule has 0 aliphatic heterocycles. The van der Waals surface area contributed by atoms with Gasteiger partial charge in [0.2, 0.25) is 0 Å². The second-order valence-corrected chi connectivity index (χ2v) is 4.27. The Hall–Kier alpha value is -1.12. The molecule has 0 fully saturated rings. The van der Waals surface area contributed by atoms with Gasteiger partial charge >= 0.3 is 11.1 Å². The molecular formula is C8H14N4O3S. The highest BCUT2D eigenvalue weighted by Gasteiger charge is 2.07. The summed E-state index contributed by atoms with van der Waals surface area (Å²) in [7, 11) is 1.59. The molecule has 1 aromatic heterocycles. The fourth-order valence-corrected chi connectivity index (χ4v) is 1.94. The Labute approximate surface area is 95.7 Å². The van der Waals surface area contributed by atoms with Gasteiger partial charge in [0.15, 0.2) is 5.16 Å². The number of H-pyrrole nitrogens is 1. The van der Waals surface area contributed by atoms with Gasteiger partial charge in [-0.05, 0) is 6.42 Å². The molecule has 1 heterocycles. The molecule has 8 heteroatoms. The summed E-state index contributed by atoms with van der Waals surface area (Å²) in [6.07, 6.45) is 0.490. The van der Waals surface area contributed by atoms with E-state index >= 15 is 0 Å². The van der Waals surface area contributed by atoms with Crippen LogP contribution in [-0.4, -0.2) is 38.3 Å². The van der Waals surface area contributed by atoms with Gasteiger partial charge < -0.3 is 10.8 Å². The first-order valence-electron chi connectivity index (χ1n) is 4.71. The maximum atomic E-state index is 11.0. The lowest BCUT2D eigenvalue weighted by Gasteiger charge is -2.10. The summed E-state index contributed by atoms with van der Waals surface area (Å²) in [5, 5.41) is 11.4. The van der Waals surface area contributed by atoms with Crippen LogP contribution in [0.25, 0.3) is 0 Å². The molecule has 0 saturated carbocycles. The van der Waals surface area contributed by atoms with Gasteiger partial charge in [-0.15, -0.1) is 0 Å². The van der Waals surface area contributed by atoms with Gasteiger partial charge in [-0.25, -0.2) is 0 Å². The first-order chi connectivity index (χ1) is 7.54. The summed E-state index contributed by atoms with van der Waals surface area (Å²) in [5.41, 5.74) is 4.13. The number of aliphatic hydroxyl groups excluding tert-OH is 1. The second kappa shape index (κ2) is 5.83. The van der Waals surface area contributed by atoms with E-state index in [1.807, 2.05) is 0 Å². The minimum atomic E-state index is -0.809. The fraction of sp³-hybridized carbons (Fsp3) is 0.625. The van der Waals surface area contributed by atoms with Gasteiger partial charge in [-0.3, -0.25) is 19.4 Å². The lowest BCUT2D eigenvalue weighted by atomic mass is 10.3. The van der Waals surface area contributed by atoms with Crippen LogP contribution in [-0.2, 0) is 7.05 Å². The quantitative estimate of drug-likeness (QED) is 0.420. The van der Waals surface area contributed by atoms with Crippen molar-refractivity contribution in [2.24, 2.45) is 12.8 Å². The number of nitrogens with zero attached hydrogens (tertiary/aromatic N) is 2. The molecule has 0 amide bonds. The lowest BCUT2D eigenvalue weighted by Crippen LogP contribution is -2.34. The summed E-state index contributed by atoms with van der Waals surface area (Å²) in [5.74, 6) is 0.521.